The number of halogens is 3. The minimum atomic E-state index is -0.681. The Morgan fingerprint density at radius 2 is 1.96 bits per heavy atom. The largest absolute Gasteiger partial charge is 0.346 e. The number of carbonyl (C=O) groups is 2. The Morgan fingerprint density at radius 1 is 1.32 bits per heavy atom. The van der Waals surface area contributed by atoms with Gasteiger partial charge in [-0.3, -0.25) is 9.59 Å². The predicted octanol–water partition coefficient (Wildman–Crippen LogP) is 1.98. The predicted molar refractivity (Wildman–Crippen MR) is 93.0 cm³/mol. The van der Waals surface area contributed by atoms with E-state index in [1.807, 2.05) is 13.8 Å². The van der Waals surface area contributed by atoms with Crippen LogP contribution in [0.1, 0.15) is 32.3 Å². The highest BCUT2D eigenvalue weighted by Gasteiger charge is 2.33. The fourth-order valence-electron chi connectivity index (χ4n) is 2.33. The van der Waals surface area contributed by atoms with Crippen LogP contribution >= 0.6 is 12.4 Å². The Bertz CT molecular complexity index is 624. The third-order valence-corrected chi connectivity index (χ3v) is 4.10. The van der Waals surface area contributed by atoms with Crippen LogP contribution in [0.25, 0.3) is 0 Å². The molecule has 0 saturated heterocycles. The number of nitrogens with zero attached hydrogens (tertiary/aromatic N) is 1. The Kier molecular flexibility index (Phi) is 7.76. The Hall–Kier alpha value is -1.73. The summed E-state index contributed by atoms with van der Waals surface area (Å²) in [6.07, 6.45) is 1.68. The van der Waals surface area contributed by atoms with Crippen LogP contribution in [-0.4, -0.2) is 35.3 Å². The van der Waals surface area contributed by atoms with Crippen molar-refractivity contribution >= 4 is 24.2 Å². The van der Waals surface area contributed by atoms with E-state index in [0.717, 1.165) is 25.0 Å². The summed E-state index contributed by atoms with van der Waals surface area (Å²) in [7, 11) is 0. The van der Waals surface area contributed by atoms with Crippen LogP contribution in [0.5, 0.6) is 0 Å². The van der Waals surface area contributed by atoms with E-state index in [1.54, 1.807) is 0 Å². The molecule has 0 radical (unpaired) electrons. The lowest BCUT2D eigenvalue weighted by Gasteiger charge is -2.24. The van der Waals surface area contributed by atoms with Gasteiger partial charge in [-0.2, -0.15) is 0 Å². The molecule has 3 N–H and O–H groups in total. The molecule has 5 nitrogen and oxygen atoms in total. The molecule has 1 aromatic carbocycles. The van der Waals surface area contributed by atoms with Gasteiger partial charge in [0.2, 0.25) is 11.8 Å². The van der Waals surface area contributed by atoms with Crippen LogP contribution in [0.15, 0.2) is 18.2 Å². The summed E-state index contributed by atoms with van der Waals surface area (Å²) in [6, 6.07) is 2.66. The quantitative estimate of drug-likeness (QED) is 0.765. The molecular formula is C17H24ClF2N3O2. The van der Waals surface area contributed by atoms with Crippen LogP contribution in [0.4, 0.5) is 8.78 Å². The smallest absolute Gasteiger partial charge is 0.242 e. The standard InChI is InChI=1S/C17H23F2N3O2.ClH/c1-10(2)16(20)17(24)21-8-15(23)22(13-5-6-13)9-11-3-4-12(18)7-14(11)19;/h3-4,7,10,13,16H,5-6,8-9,20H2,1-2H3,(H,21,24);1H/t16-;/m0./s1. The third-order valence-electron chi connectivity index (χ3n) is 4.10. The molecule has 2 rings (SSSR count). The molecule has 0 aliphatic heterocycles. The molecule has 2 amide bonds. The van der Waals surface area contributed by atoms with Crippen molar-refractivity contribution in [2.75, 3.05) is 6.54 Å². The van der Waals surface area contributed by atoms with Gasteiger partial charge in [0, 0.05) is 24.2 Å². The molecule has 140 valence electrons. The lowest BCUT2D eigenvalue weighted by Crippen LogP contribution is -2.48. The van der Waals surface area contributed by atoms with Crippen molar-refractivity contribution in [3.05, 3.63) is 35.4 Å². The van der Waals surface area contributed by atoms with Gasteiger partial charge in [-0.25, -0.2) is 8.78 Å². The monoisotopic (exact) mass is 375 g/mol. The molecule has 1 aliphatic rings. The van der Waals surface area contributed by atoms with Crippen molar-refractivity contribution in [3.63, 3.8) is 0 Å². The topological polar surface area (TPSA) is 75.4 Å². The average Bonchev–Trinajstić information content (AvgIpc) is 3.35. The van der Waals surface area contributed by atoms with E-state index in [-0.39, 0.29) is 54.8 Å². The van der Waals surface area contributed by atoms with Crippen molar-refractivity contribution in [1.29, 1.82) is 0 Å². The maximum atomic E-state index is 13.8. The number of hydrogen-bond donors (Lipinski definition) is 2. The summed E-state index contributed by atoms with van der Waals surface area (Å²) < 4.78 is 26.8. The number of nitrogens with one attached hydrogen (secondary N) is 1. The zero-order valence-corrected chi connectivity index (χ0v) is 15.1. The SMILES string of the molecule is CC(C)[C@H](N)C(=O)NCC(=O)N(Cc1ccc(F)cc1F)C1CC1.Cl. The minimum absolute atomic E-state index is 0. The number of hydrogen-bond acceptors (Lipinski definition) is 3. The fourth-order valence-corrected chi connectivity index (χ4v) is 2.33. The van der Waals surface area contributed by atoms with E-state index in [0.29, 0.717) is 0 Å². The van der Waals surface area contributed by atoms with Gasteiger partial charge >= 0.3 is 0 Å². The lowest BCUT2D eigenvalue weighted by molar-refractivity contribution is -0.134. The van der Waals surface area contributed by atoms with Crippen LogP contribution in [0.2, 0.25) is 0 Å². The van der Waals surface area contributed by atoms with Crippen molar-refractivity contribution in [2.24, 2.45) is 11.7 Å². The summed E-state index contributed by atoms with van der Waals surface area (Å²) in [6.45, 7) is 3.51. The van der Waals surface area contributed by atoms with Crippen LogP contribution in [0, 0.1) is 17.6 Å². The van der Waals surface area contributed by atoms with Gasteiger partial charge in [0.15, 0.2) is 0 Å². The van der Waals surface area contributed by atoms with Crippen molar-refractivity contribution in [2.45, 2.75) is 45.3 Å². The van der Waals surface area contributed by atoms with Crippen LogP contribution < -0.4 is 11.1 Å². The summed E-state index contributed by atoms with van der Waals surface area (Å²) in [4.78, 5) is 25.7. The first-order chi connectivity index (χ1) is 11.3. The van der Waals surface area contributed by atoms with Gasteiger partial charge in [-0.1, -0.05) is 19.9 Å². The molecule has 1 fully saturated rings. The summed E-state index contributed by atoms with van der Waals surface area (Å²) in [5, 5.41) is 2.53. The molecule has 0 unspecified atom stereocenters. The number of rotatable bonds is 7. The molecule has 25 heavy (non-hydrogen) atoms. The molecule has 1 aromatic rings. The highest BCUT2D eigenvalue weighted by Crippen LogP contribution is 2.29. The third kappa shape index (κ3) is 5.93. The average molecular weight is 376 g/mol. The highest BCUT2D eigenvalue weighted by molar-refractivity contribution is 5.87. The van der Waals surface area contributed by atoms with Gasteiger partial charge in [-0.15, -0.1) is 12.4 Å². The first-order valence-electron chi connectivity index (χ1n) is 8.06. The number of benzene rings is 1. The molecule has 1 atom stereocenters. The van der Waals surface area contributed by atoms with E-state index >= 15 is 0 Å². The zero-order valence-electron chi connectivity index (χ0n) is 14.3. The number of amides is 2. The van der Waals surface area contributed by atoms with E-state index < -0.39 is 17.7 Å². The lowest BCUT2D eigenvalue weighted by atomic mass is 10.1. The van der Waals surface area contributed by atoms with Crippen molar-refractivity contribution in [1.82, 2.24) is 10.2 Å². The highest BCUT2D eigenvalue weighted by atomic mass is 35.5. The molecule has 0 bridgehead atoms. The second-order valence-electron chi connectivity index (χ2n) is 6.48. The number of nitrogens with two attached hydrogens (primary N) is 1. The molecule has 0 heterocycles. The molecular weight excluding hydrogens is 352 g/mol. The zero-order chi connectivity index (χ0) is 17.9. The summed E-state index contributed by atoms with van der Waals surface area (Å²) in [5.41, 5.74) is 5.98. The van der Waals surface area contributed by atoms with E-state index in [4.69, 9.17) is 5.73 Å². The summed E-state index contributed by atoms with van der Waals surface area (Å²) >= 11 is 0. The van der Waals surface area contributed by atoms with E-state index in [9.17, 15) is 18.4 Å². The van der Waals surface area contributed by atoms with Gasteiger partial charge in [0.1, 0.15) is 11.6 Å². The number of carbonyl (C=O) groups excluding carboxylic acids is 2. The van der Waals surface area contributed by atoms with E-state index in [1.165, 1.54) is 11.0 Å². The van der Waals surface area contributed by atoms with Gasteiger partial charge < -0.3 is 16.0 Å². The second-order valence-corrected chi connectivity index (χ2v) is 6.48. The first kappa shape index (κ1) is 21.3. The molecule has 8 heteroatoms. The second kappa shape index (κ2) is 9.10. The molecule has 0 aromatic heterocycles. The first-order valence-corrected chi connectivity index (χ1v) is 8.06. The van der Waals surface area contributed by atoms with Gasteiger partial charge in [0.25, 0.3) is 0 Å². The maximum Gasteiger partial charge on any atom is 0.242 e. The Balaban J connectivity index is 0.00000312. The summed E-state index contributed by atoms with van der Waals surface area (Å²) in [5.74, 6) is -2.06. The fraction of sp³-hybridized carbons (Fsp3) is 0.529. The van der Waals surface area contributed by atoms with Crippen molar-refractivity contribution in [3.8, 4) is 0 Å². The van der Waals surface area contributed by atoms with E-state index in [2.05, 4.69) is 5.32 Å². The Morgan fingerprint density at radius 3 is 2.48 bits per heavy atom. The molecule has 0 spiro atoms. The molecule has 1 aliphatic carbocycles. The Labute approximate surface area is 152 Å². The van der Waals surface area contributed by atoms with Crippen LogP contribution in [-0.2, 0) is 16.1 Å². The minimum Gasteiger partial charge on any atom is -0.346 e. The normalized spacial score (nSPS) is 14.6. The van der Waals surface area contributed by atoms with Crippen LogP contribution in [0.3, 0.4) is 0 Å². The van der Waals surface area contributed by atoms with Gasteiger partial charge in [-0.05, 0) is 24.8 Å². The van der Waals surface area contributed by atoms with Gasteiger partial charge in [0.05, 0.1) is 12.6 Å². The van der Waals surface area contributed by atoms with Crippen molar-refractivity contribution < 1.29 is 18.4 Å². The molecule has 1 saturated carbocycles. The maximum absolute atomic E-state index is 13.8.